The fourth-order valence-corrected chi connectivity index (χ4v) is 4.33. The fraction of sp³-hybridized carbons (Fsp3) is 0.227. The summed E-state index contributed by atoms with van der Waals surface area (Å²) in [4.78, 5) is 21.6. The molecule has 0 unspecified atom stereocenters. The van der Waals surface area contributed by atoms with Crippen molar-refractivity contribution in [1.82, 2.24) is 18.9 Å². The molecule has 5 nitrogen and oxygen atoms in total. The predicted octanol–water partition coefficient (Wildman–Crippen LogP) is 5.27. The van der Waals surface area contributed by atoms with Crippen LogP contribution in [-0.2, 0) is 12.3 Å². The van der Waals surface area contributed by atoms with Crippen molar-refractivity contribution in [1.29, 1.82) is 0 Å². The first-order chi connectivity index (χ1) is 14.0. The highest BCUT2D eigenvalue weighted by molar-refractivity contribution is 9.10. The Bertz CT molecular complexity index is 1200. The van der Waals surface area contributed by atoms with Crippen LogP contribution < -0.4 is 5.56 Å². The summed E-state index contributed by atoms with van der Waals surface area (Å²) in [5, 5.41) is 0.937. The lowest BCUT2D eigenvalue weighted by atomic mass is 10.1. The van der Waals surface area contributed by atoms with E-state index in [2.05, 4.69) is 56.4 Å². The number of benzene rings is 1. The van der Waals surface area contributed by atoms with E-state index in [1.54, 1.807) is 28.4 Å². The van der Waals surface area contributed by atoms with Gasteiger partial charge in [-0.1, -0.05) is 59.7 Å². The Hall–Kier alpha value is -2.38. The van der Waals surface area contributed by atoms with Gasteiger partial charge in [0.2, 0.25) is 0 Å². The second-order valence-electron chi connectivity index (χ2n) is 7.24. The van der Waals surface area contributed by atoms with Gasteiger partial charge in [0.15, 0.2) is 5.16 Å². The van der Waals surface area contributed by atoms with Gasteiger partial charge >= 0.3 is 0 Å². The van der Waals surface area contributed by atoms with Crippen LogP contribution in [0.25, 0.3) is 16.9 Å². The van der Waals surface area contributed by atoms with Gasteiger partial charge in [0.25, 0.3) is 5.56 Å². The molecule has 0 bridgehead atoms. The molecule has 29 heavy (non-hydrogen) atoms. The molecule has 0 saturated carbocycles. The van der Waals surface area contributed by atoms with E-state index in [9.17, 15) is 4.79 Å². The van der Waals surface area contributed by atoms with Gasteiger partial charge in [-0.3, -0.25) is 9.20 Å². The van der Waals surface area contributed by atoms with Gasteiger partial charge in [0.1, 0.15) is 5.65 Å². The zero-order valence-electron chi connectivity index (χ0n) is 16.2. The number of imidazole rings is 1. The van der Waals surface area contributed by atoms with E-state index in [1.807, 2.05) is 36.5 Å². The Morgan fingerprint density at radius 2 is 1.93 bits per heavy atom. The zero-order valence-corrected chi connectivity index (χ0v) is 18.7. The molecule has 0 aliphatic heterocycles. The molecule has 3 aromatic heterocycles. The number of fused-ring (bicyclic) bond motifs is 1. The predicted molar refractivity (Wildman–Crippen MR) is 121 cm³/mol. The minimum absolute atomic E-state index is 0.0627. The molecule has 148 valence electrons. The standard InChI is InChI=1S/C22H21BrN4OS/c1-15(2)13-27-19(16-6-8-17(23)9-7-16)12-24-22(27)29-14-18-11-21(28)26-10-4-3-5-20(26)25-18/h3-12,15H,13-14H2,1-2H3. The number of nitrogens with zero attached hydrogens (tertiary/aromatic N) is 4. The quantitative estimate of drug-likeness (QED) is 0.361. The topological polar surface area (TPSA) is 52.2 Å². The molecule has 0 radical (unpaired) electrons. The van der Waals surface area contributed by atoms with Crippen LogP contribution in [0.15, 0.2) is 75.3 Å². The number of hydrogen-bond donors (Lipinski definition) is 0. The monoisotopic (exact) mass is 468 g/mol. The van der Waals surface area contributed by atoms with E-state index in [0.717, 1.165) is 33.1 Å². The summed E-state index contributed by atoms with van der Waals surface area (Å²) in [7, 11) is 0. The maximum absolute atomic E-state index is 12.3. The third-order valence-corrected chi connectivity index (χ3v) is 6.03. The van der Waals surface area contributed by atoms with Gasteiger partial charge in [0.05, 0.1) is 17.6 Å². The van der Waals surface area contributed by atoms with Crippen molar-refractivity contribution in [3.05, 3.63) is 81.4 Å². The van der Waals surface area contributed by atoms with Crippen LogP contribution in [0.5, 0.6) is 0 Å². The summed E-state index contributed by atoms with van der Waals surface area (Å²) in [6.07, 6.45) is 3.66. The summed E-state index contributed by atoms with van der Waals surface area (Å²) in [6, 6.07) is 15.4. The minimum Gasteiger partial charge on any atom is -0.319 e. The molecule has 0 aliphatic rings. The first-order valence-corrected chi connectivity index (χ1v) is 11.2. The van der Waals surface area contributed by atoms with Gasteiger partial charge in [-0.25, -0.2) is 9.97 Å². The van der Waals surface area contributed by atoms with Gasteiger partial charge < -0.3 is 4.57 Å². The Morgan fingerprint density at radius 1 is 1.14 bits per heavy atom. The van der Waals surface area contributed by atoms with Crippen LogP contribution in [0.1, 0.15) is 19.5 Å². The highest BCUT2D eigenvalue weighted by Crippen LogP contribution is 2.29. The largest absolute Gasteiger partial charge is 0.319 e. The van der Waals surface area contributed by atoms with Crippen LogP contribution in [0.2, 0.25) is 0 Å². The number of pyridine rings is 1. The van der Waals surface area contributed by atoms with E-state index >= 15 is 0 Å². The molecule has 0 atom stereocenters. The van der Waals surface area contributed by atoms with E-state index < -0.39 is 0 Å². The second kappa shape index (κ2) is 8.55. The lowest BCUT2D eigenvalue weighted by Gasteiger charge is -2.14. The maximum atomic E-state index is 12.3. The molecule has 0 fully saturated rings. The SMILES string of the molecule is CC(C)Cn1c(-c2ccc(Br)cc2)cnc1SCc1cc(=O)n2ccccc2n1. The van der Waals surface area contributed by atoms with Crippen LogP contribution in [-0.4, -0.2) is 18.9 Å². The zero-order chi connectivity index (χ0) is 20.4. The van der Waals surface area contributed by atoms with Crippen molar-refractivity contribution in [2.45, 2.75) is 31.3 Å². The first kappa shape index (κ1) is 19.9. The van der Waals surface area contributed by atoms with Crippen molar-refractivity contribution in [3.63, 3.8) is 0 Å². The van der Waals surface area contributed by atoms with Crippen LogP contribution >= 0.6 is 27.7 Å². The smallest absolute Gasteiger partial charge is 0.258 e. The summed E-state index contributed by atoms with van der Waals surface area (Å²) >= 11 is 5.10. The highest BCUT2D eigenvalue weighted by atomic mass is 79.9. The average molecular weight is 469 g/mol. The number of aromatic nitrogens is 4. The third-order valence-electron chi connectivity index (χ3n) is 4.48. The highest BCUT2D eigenvalue weighted by Gasteiger charge is 2.14. The van der Waals surface area contributed by atoms with E-state index in [1.165, 1.54) is 0 Å². The molecule has 4 aromatic rings. The van der Waals surface area contributed by atoms with Crippen molar-refractivity contribution < 1.29 is 0 Å². The minimum atomic E-state index is -0.0627. The van der Waals surface area contributed by atoms with Crippen molar-refractivity contribution in [3.8, 4) is 11.3 Å². The fourth-order valence-electron chi connectivity index (χ4n) is 3.18. The average Bonchev–Trinajstić information content (AvgIpc) is 3.09. The van der Waals surface area contributed by atoms with E-state index in [0.29, 0.717) is 17.3 Å². The second-order valence-corrected chi connectivity index (χ2v) is 9.10. The lowest BCUT2D eigenvalue weighted by molar-refractivity contribution is 0.498. The number of hydrogen-bond acceptors (Lipinski definition) is 4. The molecule has 4 rings (SSSR count). The van der Waals surface area contributed by atoms with Crippen molar-refractivity contribution in [2.75, 3.05) is 0 Å². The Balaban J connectivity index is 1.63. The summed E-state index contributed by atoms with van der Waals surface area (Å²) in [5.41, 5.74) is 3.59. The van der Waals surface area contributed by atoms with Gasteiger partial charge in [-0.2, -0.15) is 0 Å². The van der Waals surface area contributed by atoms with Crippen molar-refractivity contribution in [2.24, 2.45) is 5.92 Å². The Labute approximate surface area is 182 Å². The Morgan fingerprint density at radius 3 is 2.69 bits per heavy atom. The lowest BCUT2D eigenvalue weighted by Crippen LogP contribution is -2.14. The summed E-state index contributed by atoms with van der Waals surface area (Å²) < 4.78 is 4.87. The van der Waals surface area contributed by atoms with Gasteiger partial charge in [-0.15, -0.1) is 0 Å². The Kier molecular flexibility index (Phi) is 5.87. The van der Waals surface area contributed by atoms with E-state index in [4.69, 9.17) is 0 Å². The normalized spacial score (nSPS) is 11.4. The number of halogens is 1. The molecule has 1 aromatic carbocycles. The molecular formula is C22H21BrN4OS. The third kappa shape index (κ3) is 4.46. The molecule has 0 saturated heterocycles. The molecule has 0 amide bonds. The summed E-state index contributed by atoms with van der Waals surface area (Å²) in [6.45, 7) is 5.28. The van der Waals surface area contributed by atoms with Gasteiger partial charge in [0, 0.05) is 29.0 Å². The van der Waals surface area contributed by atoms with Crippen LogP contribution in [0, 0.1) is 5.92 Å². The number of rotatable bonds is 6. The molecule has 3 heterocycles. The molecule has 0 N–H and O–H groups in total. The number of thioether (sulfide) groups is 1. The molecule has 0 aliphatic carbocycles. The molecule has 0 spiro atoms. The van der Waals surface area contributed by atoms with Crippen LogP contribution in [0.3, 0.4) is 0 Å². The van der Waals surface area contributed by atoms with Gasteiger partial charge in [-0.05, 0) is 35.7 Å². The van der Waals surface area contributed by atoms with Crippen molar-refractivity contribution >= 4 is 33.3 Å². The molecular weight excluding hydrogens is 448 g/mol. The van der Waals surface area contributed by atoms with E-state index in [-0.39, 0.29) is 5.56 Å². The van der Waals surface area contributed by atoms with Crippen LogP contribution in [0.4, 0.5) is 0 Å². The summed E-state index contributed by atoms with van der Waals surface area (Å²) in [5.74, 6) is 1.08. The molecule has 7 heteroatoms. The maximum Gasteiger partial charge on any atom is 0.258 e. The first-order valence-electron chi connectivity index (χ1n) is 9.43.